The predicted molar refractivity (Wildman–Crippen MR) is 195 cm³/mol. The first-order chi connectivity index (χ1) is 22.8. The first-order valence-electron chi connectivity index (χ1n) is 16.5. The van der Waals surface area contributed by atoms with Crippen molar-refractivity contribution in [3.63, 3.8) is 0 Å². The highest BCUT2D eigenvalue weighted by Crippen LogP contribution is 2.51. The van der Waals surface area contributed by atoms with Gasteiger partial charge in [0, 0.05) is 21.9 Å². The molecule has 9 nitrogen and oxygen atoms in total. The molecule has 0 aliphatic carbocycles. The number of methoxy groups -OCH3 is 2. The molecule has 48 heavy (non-hydrogen) atoms. The number of nitrogens with zero attached hydrogens (tertiary/aromatic N) is 5. The van der Waals surface area contributed by atoms with Crippen molar-refractivity contribution in [3.8, 4) is 23.3 Å². The van der Waals surface area contributed by atoms with E-state index in [2.05, 4.69) is 63.0 Å². The number of hydrogen-bond donors (Lipinski definition) is 1. The Kier molecular flexibility index (Phi) is 10.8. The Labute approximate surface area is 295 Å². The van der Waals surface area contributed by atoms with Gasteiger partial charge in [-0.25, -0.2) is 9.97 Å². The molecule has 5 rings (SSSR count). The minimum Gasteiger partial charge on any atom is -0.480 e. The topological polar surface area (TPSA) is 94.8 Å². The Morgan fingerprint density at radius 2 is 1.50 bits per heavy atom. The summed E-state index contributed by atoms with van der Waals surface area (Å²) in [6.45, 7) is 18.3. The summed E-state index contributed by atoms with van der Waals surface area (Å²) in [5.41, 5.74) is 5.89. The lowest BCUT2D eigenvalue weighted by Crippen LogP contribution is -2.48. The van der Waals surface area contributed by atoms with E-state index in [0.29, 0.717) is 56.2 Å². The van der Waals surface area contributed by atoms with E-state index in [9.17, 15) is 5.11 Å². The molecule has 3 atom stereocenters. The van der Waals surface area contributed by atoms with Crippen LogP contribution >= 0.6 is 23.2 Å². The van der Waals surface area contributed by atoms with Crippen LogP contribution in [0.25, 0.3) is 11.4 Å². The molecular weight excluding hydrogens is 665 g/mol. The van der Waals surface area contributed by atoms with Gasteiger partial charge in [-0.1, -0.05) is 82.9 Å². The summed E-state index contributed by atoms with van der Waals surface area (Å²) >= 11 is 12.9. The van der Waals surface area contributed by atoms with Crippen molar-refractivity contribution >= 4 is 37.2 Å². The summed E-state index contributed by atoms with van der Waals surface area (Å²) in [6.07, 6.45) is 0.566. The number of anilines is 1. The second-order valence-electron chi connectivity index (χ2n) is 13.5. The number of rotatable bonds is 12. The molecule has 0 fully saturated rings. The zero-order valence-corrected chi connectivity index (χ0v) is 32.0. The molecular formula is C36H47Cl2N5O4Si. The van der Waals surface area contributed by atoms with Gasteiger partial charge < -0.3 is 28.5 Å². The summed E-state index contributed by atoms with van der Waals surface area (Å²) in [6, 6.07) is 13.0. The maximum absolute atomic E-state index is 12.2. The van der Waals surface area contributed by atoms with Crippen LogP contribution in [0.15, 0.2) is 48.7 Å². The van der Waals surface area contributed by atoms with Crippen molar-refractivity contribution < 1.29 is 19.0 Å². The largest absolute Gasteiger partial charge is 0.480 e. The molecule has 0 amide bonds. The standard InChI is InChI=1S/C36H47Cl2N5O4Si/c1-20(2)48(21(3)4,22(5)6)47-19-24(8)42-32-30(40-33(42)28-18-39-36(46-10)41-34(28)45-9)35(44)43(29-17-27(38)14-11-23(29)7)31(32)25-12-15-26(37)16-13-25/h11-18,20-22,24,31,35,44H,19H2,1-10H3/t24-,31?,35?/m0/s1. The molecule has 2 aromatic carbocycles. The maximum Gasteiger partial charge on any atom is 0.319 e. The van der Waals surface area contributed by atoms with Gasteiger partial charge in [0.25, 0.3) is 0 Å². The number of aryl methyl sites for hydroxylation is 1. The minimum atomic E-state index is -2.22. The van der Waals surface area contributed by atoms with Crippen LogP contribution < -0.4 is 14.4 Å². The molecule has 0 radical (unpaired) electrons. The molecule has 1 N–H and O–H groups in total. The molecule has 3 heterocycles. The highest BCUT2D eigenvalue weighted by Gasteiger charge is 2.48. The fourth-order valence-electron chi connectivity index (χ4n) is 7.66. The lowest BCUT2D eigenvalue weighted by atomic mass is 10.0. The van der Waals surface area contributed by atoms with Crippen molar-refractivity contribution in [2.24, 2.45) is 0 Å². The molecule has 0 saturated carbocycles. The van der Waals surface area contributed by atoms with Crippen LogP contribution in [-0.2, 0) is 4.43 Å². The van der Waals surface area contributed by atoms with Crippen LogP contribution in [0, 0.1) is 6.92 Å². The van der Waals surface area contributed by atoms with Gasteiger partial charge in [0.1, 0.15) is 11.5 Å². The summed E-state index contributed by atoms with van der Waals surface area (Å²) in [4.78, 5) is 16.0. The summed E-state index contributed by atoms with van der Waals surface area (Å²) in [5, 5.41) is 13.4. The van der Waals surface area contributed by atoms with Crippen LogP contribution in [0.4, 0.5) is 5.69 Å². The van der Waals surface area contributed by atoms with E-state index in [1.807, 2.05) is 54.3 Å². The number of imidazole rings is 1. The fraction of sp³-hybridized carbons (Fsp3) is 0.472. The van der Waals surface area contributed by atoms with Gasteiger partial charge in [-0.05, 0) is 65.9 Å². The fourth-order valence-corrected chi connectivity index (χ4v) is 13.5. The highest BCUT2D eigenvalue weighted by molar-refractivity contribution is 6.77. The third kappa shape index (κ3) is 6.33. The smallest absolute Gasteiger partial charge is 0.319 e. The minimum absolute atomic E-state index is 0.181. The molecule has 2 aromatic heterocycles. The van der Waals surface area contributed by atoms with Gasteiger partial charge in [-0.15, -0.1) is 0 Å². The predicted octanol–water partition coefficient (Wildman–Crippen LogP) is 9.33. The van der Waals surface area contributed by atoms with Crippen LogP contribution in [0.5, 0.6) is 11.9 Å². The summed E-state index contributed by atoms with van der Waals surface area (Å²) in [5.74, 6) is 0.886. The molecule has 2 unspecified atom stereocenters. The lowest BCUT2D eigenvalue weighted by Gasteiger charge is -2.43. The SMILES string of the molecule is COc1ncc(-c2nc3c(n2[C@@H](C)CO[Si](C(C)C)(C(C)C)C(C)C)C(c2ccc(Cl)cc2)N(c2cc(Cl)ccc2C)C3O)c(OC)n1. The number of benzene rings is 2. The van der Waals surface area contributed by atoms with Gasteiger partial charge in [0.05, 0.1) is 44.2 Å². The number of hydrogen-bond acceptors (Lipinski definition) is 8. The molecule has 4 aromatic rings. The van der Waals surface area contributed by atoms with E-state index in [0.717, 1.165) is 22.5 Å². The Balaban J connectivity index is 1.77. The second kappa shape index (κ2) is 14.4. The lowest BCUT2D eigenvalue weighted by molar-refractivity contribution is 0.174. The molecule has 1 aliphatic heterocycles. The Bertz CT molecular complexity index is 1730. The maximum atomic E-state index is 12.2. The molecule has 0 saturated heterocycles. The van der Waals surface area contributed by atoms with Crippen LogP contribution in [0.1, 0.15) is 89.3 Å². The zero-order valence-electron chi connectivity index (χ0n) is 29.5. The van der Waals surface area contributed by atoms with E-state index < -0.39 is 20.6 Å². The van der Waals surface area contributed by atoms with Gasteiger partial charge >= 0.3 is 6.01 Å². The number of aliphatic hydroxyl groups is 1. The van der Waals surface area contributed by atoms with Crippen molar-refractivity contribution in [1.29, 1.82) is 0 Å². The number of ether oxygens (including phenoxy) is 2. The van der Waals surface area contributed by atoms with Crippen molar-refractivity contribution in [3.05, 3.63) is 81.2 Å². The average molecular weight is 713 g/mol. The number of aliphatic hydroxyl groups excluding tert-OH is 1. The Morgan fingerprint density at radius 1 is 0.875 bits per heavy atom. The van der Waals surface area contributed by atoms with Crippen LogP contribution in [0.3, 0.4) is 0 Å². The number of aromatic nitrogens is 4. The third-order valence-electron chi connectivity index (χ3n) is 9.73. The molecule has 258 valence electrons. The first-order valence-corrected chi connectivity index (χ1v) is 19.4. The molecule has 0 bridgehead atoms. The van der Waals surface area contributed by atoms with Crippen LogP contribution in [0.2, 0.25) is 26.7 Å². The first kappa shape index (κ1) is 36.1. The van der Waals surface area contributed by atoms with Crippen molar-refractivity contribution in [1.82, 2.24) is 19.5 Å². The van der Waals surface area contributed by atoms with E-state index >= 15 is 0 Å². The Hall–Kier alpha value is -3.15. The average Bonchev–Trinajstić information content (AvgIpc) is 3.56. The van der Waals surface area contributed by atoms with E-state index in [1.54, 1.807) is 13.3 Å². The van der Waals surface area contributed by atoms with Crippen molar-refractivity contribution in [2.45, 2.75) is 90.3 Å². The molecule has 12 heteroatoms. The number of fused-ring (bicyclic) bond motifs is 1. The number of halogens is 2. The highest BCUT2D eigenvalue weighted by atomic mass is 35.5. The third-order valence-corrected chi connectivity index (χ3v) is 16.3. The van der Waals surface area contributed by atoms with Gasteiger partial charge in [-0.3, -0.25) is 0 Å². The van der Waals surface area contributed by atoms with E-state index in [1.165, 1.54) is 7.11 Å². The van der Waals surface area contributed by atoms with Gasteiger partial charge in [0.2, 0.25) is 5.88 Å². The van der Waals surface area contributed by atoms with Crippen molar-refractivity contribution in [2.75, 3.05) is 25.7 Å². The monoisotopic (exact) mass is 711 g/mol. The van der Waals surface area contributed by atoms with Gasteiger partial charge in [0.15, 0.2) is 14.5 Å². The van der Waals surface area contributed by atoms with E-state index in [-0.39, 0.29) is 12.1 Å². The van der Waals surface area contributed by atoms with Crippen LogP contribution in [-0.4, -0.2) is 53.8 Å². The normalized spacial score (nSPS) is 17.0. The summed E-state index contributed by atoms with van der Waals surface area (Å²) in [7, 11) is 0.844. The molecule has 1 aliphatic rings. The second-order valence-corrected chi connectivity index (χ2v) is 19.8. The molecule has 0 spiro atoms. The Morgan fingerprint density at radius 3 is 2.08 bits per heavy atom. The quantitative estimate of drug-likeness (QED) is 0.145. The summed E-state index contributed by atoms with van der Waals surface area (Å²) < 4.78 is 20.4. The van der Waals surface area contributed by atoms with E-state index in [4.69, 9.17) is 42.1 Å². The zero-order chi connectivity index (χ0) is 35.1. The van der Waals surface area contributed by atoms with Gasteiger partial charge in [-0.2, -0.15) is 4.98 Å².